The average Bonchev–Trinajstić information content (AvgIpc) is 2.66. The van der Waals surface area contributed by atoms with E-state index >= 15 is 0 Å². The zero-order valence-electron chi connectivity index (χ0n) is 7.45. The summed E-state index contributed by atoms with van der Waals surface area (Å²) < 4.78 is 1.38. The average molecular weight is 224 g/mol. The van der Waals surface area contributed by atoms with Crippen molar-refractivity contribution in [1.29, 1.82) is 0 Å². The third kappa shape index (κ3) is 2.15. The third-order valence-electron chi connectivity index (χ3n) is 1.75. The van der Waals surface area contributed by atoms with Gasteiger partial charge in [-0.25, -0.2) is 14.6 Å². The van der Waals surface area contributed by atoms with Crippen molar-refractivity contribution in [2.75, 3.05) is 0 Å². The van der Waals surface area contributed by atoms with Gasteiger partial charge in [-0.15, -0.1) is 0 Å². The van der Waals surface area contributed by atoms with Crippen LogP contribution in [0.5, 0.6) is 0 Å². The van der Waals surface area contributed by atoms with Gasteiger partial charge in [-0.3, -0.25) is 0 Å². The van der Waals surface area contributed by atoms with E-state index in [1.54, 1.807) is 0 Å². The molecule has 0 amide bonds. The van der Waals surface area contributed by atoms with Crippen molar-refractivity contribution in [3.8, 4) is 5.82 Å². The maximum Gasteiger partial charge on any atom is 0.491 e. The fourth-order valence-electron chi connectivity index (χ4n) is 1.04. The molecule has 8 heteroatoms. The molecule has 76 valence electrons. The van der Waals surface area contributed by atoms with Crippen molar-refractivity contribution in [3.63, 3.8) is 0 Å². The van der Waals surface area contributed by atoms with E-state index in [0.717, 1.165) is 0 Å². The van der Waals surface area contributed by atoms with Crippen molar-refractivity contribution in [2.45, 2.75) is 0 Å². The van der Waals surface area contributed by atoms with E-state index < -0.39 is 7.12 Å². The van der Waals surface area contributed by atoms with E-state index in [2.05, 4.69) is 15.1 Å². The van der Waals surface area contributed by atoms with Crippen LogP contribution in [-0.4, -0.2) is 36.9 Å². The zero-order valence-corrected chi connectivity index (χ0v) is 8.20. The maximum atomic E-state index is 8.88. The zero-order chi connectivity index (χ0) is 10.8. The minimum atomic E-state index is -1.55. The Labute approximate surface area is 90.3 Å². The van der Waals surface area contributed by atoms with E-state index in [-0.39, 0.29) is 5.46 Å². The molecule has 2 rings (SSSR count). The summed E-state index contributed by atoms with van der Waals surface area (Å²) in [6.07, 6.45) is 4.08. The van der Waals surface area contributed by atoms with Crippen molar-refractivity contribution < 1.29 is 10.0 Å². The van der Waals surface area contributed by atoms with Crippen LogP contribution in [-0.2, 0) is 0 Å². The molecule has 0 spiro atoms. The molecule has 2 aromatic heterocycles. The van der Waals surface area contributed by atoms with Crippen molar-refractivity contribution >= 4 is 24.2 Å². The van der Waals surface area contributed by atoms with Gasteiger partial charge in [-0.1, -0.05) is 11.6 Å². The fraction of sp³-hybridized carbons (Fsp3) is 0. The Morgan fingerprint density at radius 1 is 1.33 bits per heavy atom. The molecule has 0 bridgehead atoms. The molecule has 2 heterocycles. The van der Waals surface area contributed by atoms with Crippen LogP contribution in [0.25, 0.3) is 5.82 Å². The molecular formula is C7H6BClN4O2. The van der Waals surface area contributed by atoms with Gasteiger partial charge < -0.3 is 10.0 Å². The van der Waals surface area contributed by atoms with Crippen LogP contribution in [0.1, 0.15) is 0 Å². The Balaban J connectivity index is 2.37. The Morgan fingerprint density at radius 2 is 2.13 bits per heavy atom. The lowest BCUT2D eigenvalue weighted by molar-refractivity contribution is 0.426. The second-order valence-corrected chi connectivity index (χ2v) is 3.18. The molecule has 2 N–H and O–H groups in total. The second kappa shape index (κ2) is 3.97. The van der Waals surface area contributed by atoms with Gasteiger partial charge in [0.2, 0.25) is 0 Å². The summed E-state index contributed by atoms with van der Waals surface area (Å²) in [4.78, 5) is 7.65. The van der Waals surface area contributed by atoms with Gasteiger partial charge in [0.15, 0.2) is 5.82 Å². The van der Waals surface area contributed by atoms with Crippen molar-refractivity contribution in [1.82, 2.24) is 19.7 Å². The highest BCUT2D eigenvalue weighted by molar-refractivity contribution is 6.58. The minimum absolute atomic E-state index is 0.282. The summed E-state index contributed by atoms with van der Waals surface area (Å²) in [5.41, 5.74) is 0.282. The molecule has 0 saturated carbocycles. The standard InChI is InChI=1S/C7H6BClN4O2/c9-6-1-7(11-4-10-6)13-3-5(2-12-13)8(14)15/h1-4,14-15H. The van der Waals surface area contributed by atoms with Gasteiger partial charge in [0.25, 0.3) is 0 Å². The first kappa shape index (κ1) is 10.1. The van der Waals surface area contributed by atoms with Gasteiger partial charge in [-0.05, 0) is 0 Å². The molecule has 0 aromatic carbocycles. The highest BCUT2D eigenvalue weighted by Gasteiger charge is 2.14. The summed E-state index contributed by atoms with van der Waals surface area (Å²) in [6.45, 7) is 0. The number of aromatic nitrogens is 4. The molecule has 15 heavy (non-hydrogen) atoms. The molecule has 2 aromatic rings. The van der Waals surface area contributed by atoms with Gasteiger partial charge in [0, 0.05) is 23.9 Å². The topological polar surface area (TPSA) is 84.1 Å². The number of hydrogen-bond donors (Lipinski definition) is 2. The maximum absolute atomic E-state index is 8.88. The first-order valence-electron chi connectivity index (χ1n) is 4.05. The number of rotatable bonds is 2. The SMILES string of the molecule is OB(O)c1cnn(-c2cc(Cl)ncn2)c1. The molecule has 0 unspecified atom stereocenters. The predicted octanol–water partition coefficient (Wildman–Crippen LogP) is -1.00. The minimum Gasteiger partial charge on any atom is -0.423 e. The molecule has 0 aliphatic heterocycles. The molecule has 6 nitrogen and oxygen atoms in total. The molecule has 0 atom stereocenters. The summed E-state index contributed by atoms with van der Waals surface area (Å²) in [5.74, 6) is 0.460. The van der Waals surface area contributed by atoms with Crippen LogP contribution in [0, 0.1) is 0 Å². The highest BCUT2D eigenvalue weighted by Crippen LogP contribution is 2.06. The van der Waals surface area contributed by atoms with Gasteiger partial charge in [0.1, 0.15) is 11.5 Å². The van der Waals surface area contributed by atoms with Crippen LogP contribution in [0.3, 0.4) is 0 Å². The van der Waals surface area contributed by atoms with Gasteiger partial charge in [0.05, 0.1) is 0 Å². The Morgan fingerprint density at radius 3 is 2.73 bits per heavy atom. The van der Waals surface area contributed by atoms with Crippen LogP contribution < -0.4 is 5.46 Å². The van der Waals surface area contributed by atoms with E-state index in [4.69, 9.17) is 21.6 Å². The predicted molar refractivity (Wildman–Crippen MR) is 54.0 cm³/mol. The van der Waals surface area contributed by atoms with E-state index in [0.29, 0.717) is 11.0 Å². The summed E-state index contributed by atoms with van der Waals surface area (Å²) in [6, 6.07) is 1.52. The number of nitrogens with zero attached hydrogens (tertiary/aromatic N) is 4. The fourth-order valence-corrected chi connectivity index (χ4v) is 1.19. The Hall–Kier alpha value is -1.44. The lowest BCUT2D eigenvalue weighted by Gasteiger charge is -1.98. The van der Waals surface area contributed by atoms with Crippen molar-refractivity contribution in [2.24, 2.45) is 0 Å². The van der Waals surface area contributed by atoms with Crippen LogP contribution in [0.2, 0.25) is 5.15 Å². The number of halogens is 1. The van der Waals surface area contributed by atoms with Crippen LogP contribution in [0.15, 0.2) is 24.8 Å². The first-order valence-corrected chi connectivity index (χ1v) is 4.43. The summed E-state index contributed by atoms with van der Waals surface area (Å²) in [7, 11) is -1.55. The lowest BCUT2D eigenvalue weighted by atomic mass is 9.83. The molecule has 0 fully saturated rings. The molecule has 0 saturated heterocycles. The van der Waals surface area contributed by atoms with E-state index in [1.807, 2.05) is 0 Å². The summed E-state index contributed by atoms with van der Waals surface area (Å²) >= 11 is 5.67. The molecule has 0 aliphatic rings. The third-order valence-corrected chi connectivity index (χ3v) is 1.96. The van der Waals surface area contributed by atoms with Crippen LogP contribution >= 0.6 is 11.6 Å². The van der Waals surface area contributed by atoms with Crippen LogP contribution in [0.4, 0.5) is 0 Å². The molecular weight excluding hydrogens is 218 g/mol. The van der Waals surface area contributed by atoms with Gasteiger partial charge >= 0.3 is 7.12 Å². The lowest BCUT2D eigenvalue weighted by Crippen LogP contribution is -2.28. The van der Waals surface area contributed by atoms with E-state index in [9.17, 15) is 0 Å². The number of hydrogen-bond acceptors (Lipinski definition) is 5. The Bertz CT molecular complexity index is 476. The van der Waals surface area contributed by atoms with Crippen molar-refractivity contribution in [3.05, 3.63) is 29.9 Å². The largest absolute Gasteiger partial charge is 0.491 e. The Kier molecular flexibility index (Phi) is 2.67. The molecule has 0 radical (unpaired) electrons. The van der Waals surface area contributed by atoms with E-state index in [1.165, 1.54) is 29.5 Å². The smallest absolute Gasteiger partial charge is 0.423 e. The monoisotopic (exact) mass is 224 g/mol. The summed E-state index contributed by atoms with van der Waals surface area (Å²) in [5, 5.41) is 22.0. The quantitative estimate of drug-likeness (QED) is 0.505. The normalized spacial score (nSPS) is 10.3. The van der Waals surface area contributed by atoms with Gasteiger partial charge in [-0.2, -0.15) is 5.10 Å². The first-order chi connectivity index (χ1) is 7.16. The second-order valence-electron chi connectivity index (χ2n) is 2.79. The molecule has 0 aliphatic carbocycles. The highest BCUT2D eigenvalue weighted by atomic mass is 35.5.